The molecule has 0 radical (unpaired) electrons. The fraction of sp³-hybridized carbons (Fsp3) is 0.348. The van der Waals surface area contributed by atoms with Crippen molar-refractivity contribution in [3.05, 3.63) is 123 Å². The van der Waals surface area contributed by atoms with Gasteiger partial charge in [0.15, 0.2) is 0 Å². The first-order valence-electron chi connectivity index (χ1n) is 21.1. The van der Waals surface area contributed by atoms with Gasteiger partial charge in [-0.15, -0.1) is 0 Å². The third kappa shape index (κ3) is 9.45. The SMILES string of the molecule is CC1(C)CCC(CN2CCN(c3ccc(C(=O)NS(=O)(=O)c4cc([N+](=O)[O-])c5[nH]c(CN6CCOCC6)cc5c4)c(Oc4cnc5[nH]ccc5c4)c3)CC2)=C(c2ccc(Cl)cc2)C1. The second-order valence-electron chi connectivity index (χ2n) is 17.3. The van der Waals surface area contributed by atoms with Gasteiger partial charge in [-0.3, -0.25) is 24.7 Å². The van der Waals surface area contributed by atoms with Crippen LogP contribution in [0.3, 0.4) is 0 Å². The molecule has 328 valence electrons. The Labute approximate surface area is 370 Å². The van der Waals surface area contributed by atoms with Crippen LogP contribution >= 0.6 is 11.6 Å². The summed E-state index contributed by atoms with van der Waals surface area (Å²) in [4.78, 5) is 42.7. The van der Waals surface area contributed by atoms with Crippen LogP contribution in [0.2, 0.25) is 5.02 Å². The molecule has 17 heteroatoms. The minimum atomic E-state index is -4.61. The van der Waals surface area contributed by atoms with E-state index in [4.69, 9.17) is 21.1 Å². The third-order valence-corrected chi connectivity index (χ3v) is 13.9. The van der Waals surface area contributed by atoms with Gasteiger partial charge in [0.25, 0.3) is 21.6 Å². The van der Waals surface area contributed by atoms with Crippen LogP contribution in [-0.4, -0.2) is 103 Å². The van der Waals surface area contributed by atoms with E-state index in [-0.39, 0.29) is 22.2 Å². The lowest BCUT2D eigenvalue weighted by molar-refractivity contribution is -0.383. The van der Waals surface area contributed by atoms with E-state index in [0.717, 1.165) is 74.1 Å². The molecule has 15 nitrogen and oxygen atoms in total. The molecule has 0 unspecified atom stereocenters. The predicted molar refractivity (Wildman–Crippen MR) is 243 cm³/mol. The number of morpholine rings is 1. The summed E-state index contributed by atoms with van der Waals surface area (Å²) in [5, 5.41) is 14.1. The number of benzene rings is 3. The van der Waals surface area contributed by atoms with E-state index < -0.39 is 31.4 Å². The lowest BCUT2D eigenvalue weighted by Gasteiger charge is -2.39. The molecule has 0 saturated carbocycles. The number of anilines is 1. The number of allylic oxidation sites excluding steroid dienone is 1. The number of hydrogen-bond acceptors (Lipinski definition) is 11. The summed E-state index contributed by atoms with van der Waals surface area (Å²) >= 11 is 6.25. The molecule has 5 heterocycles. The molecule has 2 saturated heterocycles. The van der Waals surface area contributed by atoms with Gasteiger partial charge in [0, 0.05) is 97.9 Å². The van der Waals surface area contributed by atoms with E-state index in [2.05, 4.69) is 60.4 Å². The number of rotatable bonds is 12. The Morgan fingerprint density at radius 3 is 2.48 bits per heavy atom. The summed E-state index contributed by atoms with van der Waals surface area (Å²) in [6, 6.07) is 20.9. The molecule has 2 fully saturated rings. The number of pyridine rings is 1. The summed E-state index contributed by atoms with van der Waals surface area (Å²) in [5.74, 6) is -0.480. The molecule has 2 aliphatic heterocycles. The molecule has 9 rings (SSSR count). The van der Waals surface area contributed by atoms with Crippen molar-refractivity contribution in [1.29, 1.82) is 0 Å². The van der Waals surface area contributed by atoms with Crippen molar-refractivity contribution in [3.63, 3.8) is 0 Å². The van der Waals surface area contributed by atoms with Crippen molar-refractivity contribution in [2.75, 3.05) is 63.9 Å². The molecule has 0 bridgehead atoms. The van der Waals surface area contributed by atoms with Gasteiger partial charge >= 0.3 is 0 Å². The number of amides is 1. The van der Waals surface area contributed by atoms with Crippen molar-refractivity contribution in [1.82, 2.24) is 29.5 Å². The summed E-state index contributed by atoms with van der Waals surface area (Å²) in [7, 11) is -4.61. The number of H-pyrrole nitrogens is 2. The summed E-state index contributed by atoms with van der Waals surface area (Å²) < 4.78 is 41.8. The van der Waals surface area contributed by atoms with E-state index >= 15 is 0 Å². The van der Waals surface area contributed by atoms with E-state index in [1.54, 1.807) is 36.5 Å². The summed E-state index contributed by atoms with van der Waals surface area (Å²) in [6.07, 6.45) is 6.48. The number of nitrogens with zero attached hydrogens (tertiary/aromatic N) is 5. The standard InChI is InChI=1S/C46H49ClN8O7S/c1-46(2)11-9-32(40(26-46)30-3-5-34(47)6-4-30)28-52-13-15-54(16-14-52)36-7-8-39(42(24-36)62-37-22-31-10-12-48-44(31)49-27-37)45(56)51-63(59,60)38-23-33-21-35(29-53-17-19-61-20-18-53)50-43(33)41(25-38)55(57)58/h3-8,10,12,21-25,27,50H,9,11,13-20,26,28-29H2,1-2H3,(H,48,49)(H,51,56). The van der Waals surface area contributed by atoms with Gasteiger partial charge in [-0.05, 0) is 84.3 Å². The Bertz CT molecular complexity index is 2840. The third-order valence-electron chi connectivity index (χ3n) is 12.3. The second kappa shape index (κ2) is 17.4. The number of hydrogen-bond donors (Lipinski definition) is 3. The van der Waals surface area contributed by atoms with Gasteiger partial charge in [0.05, 0.1) is 34.8 Å². The first-order valence-corrected chi connectivity index (χ1v) is 23.0. The van der Waals surface area contributed by atoms with Crippen LogP contribution in [0, 0.1) is 15.5 Å². The number of nitro benzene ring substituents is 1. The Hall–Kier alpha value is -5.78. The summed E-state index contributed by atoms with van der Waals surface area (Å²) in [5.41, 5.74) is 6.23. The van der Waals surface area contributed by atoms with Gasteiger partial charge in [-0.25, -0.2) is 18.1 Å². The fourth-order valence-electron chi connectivity index (χ4n) is 8.86. The zero-order valence-corrected chi connectivity index (χ0v) is 36.7. The molecule has 1 amide bonds. The monoisotopic (exact) mass is 892 g/mol. The van der Waals surface area contributed by atoms with Gasteiger partial charge in [-0.1, -0.05) is 43.2 Å². The predicted octanol–water partition coefficient (Wildman–Crippen LogP) is 8.13. The van der Waals surface area contributed by atoms with Crippen molar-refractivity contribution in [2.24, 2.45) is 5.41 Å². The van der Waals surface area contributed by atoms with Crippen LogP contribution in [0.15, 0.2) is 95.7 Å². The molecule has 6 aromatic rings. The molecular formula is C46H49ClN8O7S. The highest BCUT2D eigenvalue weighted by atomic mass is 35.5. The zero-order chi connectivity index (χ0) is 43.9. The number of nitro groups is 1. The largest absolute Gasteiger partial charge is 0.455 e. The number of ether oxygens (including phenoxy) is 2. The van der Waals surface area contributed by atoms with Crippen molar-refractivity contribution >= 4 is 66.4 Å². The van der Waals surface area contributed by atoms with E-state index in [1.165, 1.54) is 29.0 Å². The number of aromatic nitrogens is 3. The van der Waals surface area contributed by atoms with Crippen LogP contribution < -0.4 is 14.4 Å². The quantitative estimate of drug-likeness (QED) is 0.0798. The minimum absolute atomic E-state index is 0.0398. The normalized spacial score (nSPS) is 17.7. The smallest absolute Gasteiger partial charge is 0.294 e. The number of sulfonamides is 1. The molecule has 0 atom stereocenters. The number of fused-ring (bicyclic) bond motifs is 2. The molecule has 3 aromatic carbocycles. The van der Waals surface area contributed by atoms with Crippen LogP contribution in [0.4, 0.5) is 11.4 Å². The highest BCUT2D eigenvalue weighted by molar-refractivity contribution is 7.90. The van der Waals surface area contributed by atoms with E-state index in [9.17, 15) is 23.3 Å². The van der Waals surface area contributed by atoms with Gasteiger partial charge < -0.3 is 24.3 Å². The van der Waals surface area contributed by atoms with Gasteiger partial charge in [0.2, 0.25) is 0 Å². The van der Waals surface area contributed by atoms with E-state index in [1.807, 2.05) is 18.2 Å². The van der Waals surface area contributed by atoms with Crippen LogP contribution in [0.1, 0.15) is 54.7 Å². The van der Waals surface area contributed by atoms with Crippen molar-refractivity contribution in [3.8, 4) is 11.5 Å². The first-order chi connectivity index (χ1) is 30.3. The highest BCUT2D eigenvalue weighted by Gasteiger charge is 2.31. The molecule has 3 aromatic heterocycles. The number of carbonyl (C=O) groups is 1. The average molecular weight is 893 g/mol. The van der Waals surface area contributed by atoms with Crippen LogP contribution in [0.5, 0.6) is 11.5 Å². The Morgan fingerprint density at radius 1 is 0.952 bits per heavy atom. The molecule has 3 N–H and O–H groups in total. The number of non-ortho nitro benzene ring substituents is 1. The number of halogens is 1. The number of carbonyl (C=O) groups excluding carboxylic acids is 1. The zero-order valence-electron chi connectivity index (χ0n) is 35.2. The number of piperazine rings is 1. The van der Waals surface area contributed by atoms with Crippen LogP contribution in [0.25, 0.3) is 27.5 Å². The molecule has 0 spiro atoms. The Morgan fingerprint density at radius 2 is 1.71 bits per heavy atom. The van der Waals surface area contributed by atoms with Crippen molar-refractivity contribution in [2.45, 2.75) is 44.6 Å². The number of aromatic amines is 2. The average Bonchev–Trinajstić information content (AvgIpc) is 3.91. The molecular weight excluding hydrogens is 844 g/mol. The second-order valence-corrected chi connectivity index (χ2v) is 19.5. The van der Waals surface area contributed by atoms with Gasteiger partial charge in [-0.2, -0.15) is 0 Å². The number of nitrogens with one attached hydrogen (secondary N) is 3. The topological polar surface area (TPSA) is 179 Å². The fourth-order valence-corrected chi connectivity index (χ4v) is 10.0. The Balaban J connectivity index is 0.957. The lowest BCUT2D eigenvalue weighted by atomic mass is 9.72. The highest BCUT2D eigenvalue weighted by Crippen LogP contribution is 2.43. The van der Waals surface area contributed by atoms with E-state index in [0.29, 0.717) is 55.3 Å². The Kier molecular flexibility index (Phi) is 11.8. The molecule has 1 aliphatic carbocycles. The maximum absolute atomic E-state index is 14.1. The minimum Gasteiger partial charge on any atom is -0.455 e. The van der Waals surface area contributed by atoms with Crippen LogP contribution in [-0.2, 0) is 21.3 Å². The summed E-state index contributed by atoms with van der Waals surface area (Å²) in [6.45, 7) is 11.7. The first kappa shape index (κ1) is 42.5. The maximum atomic E-state index is 14.1. The van der Waals surface area contributed by atoms with Gasteiger partial charge in [0.1, 0.15) is 22.7 Å². The molecule has 63 heavy (non-hydrogen) atoms. The van der Waals surface area contributed by atoms with Crippen molar-refractivity contribution < 1.29 is 27.6 Å². The molecule has 3 aliphatic rings. The maximum Gasteiger partial charge on any atom is 0.294 e. The lowest BCUT2D eigenvalue weighted by Crippen LogP contribution is -2.47.